The molecular formula is C9H7F5O2. The molecule has 2 nitrogen and oxygen atoms in total. The van der Waals surface area contributed by atoms with Crippen LogP contribution in [-0.4, -0.2) is 13.7 Å². The number of halogens is 5. The monoisotopic (exact) mass is 242 g/mol. The van der Waals surface area contributed by atoms with Gasteiger partial charge in [-0.15, -0.1) is 0 Å². The second-order valence-corrected chi connectivity index (χ2v) is 2.71. The van der Waals surface area contributed by atoms with Crippen LogP contribution in [-0.2, 0) is 6.18 Å². The van der Waals surface area contributed by atoms with Crippen molar-refractivity contribution in [2.24, 2.45) is 0 Å². The first kappa shape index (κ1) is 12.5. The number of hydrogen-bond acceptors (Lipinski definition) is 2. The van der Waals surface area contributed by atoms with Gasteiger partial charge >= 0.3 is 12.8 Å². The molecule has 16 heavy (non-hydrogen) atoms. The Morgan fingerprint density at radius 1 is 1.19 bits per heavy atom. The van der Waals surface area contributed by atoms with Crippen LogP contribution in [0, 0.1) is 0 Å². The van der Waals surface area contributed by atoms with Gasteiger partial charge in [-0.05, 0) is 12.1 Å². The van der Waals surface area contributed by atoms with Gasteiger partial charge < -0.3 is 9.47 Å². The van der Waals surface area contributed by atoms with E-state index in [1.54, 1.807) is 0 Å². The van der Waals surface area contributed by atoms with Crippen molar-refractivity contribution in [3.8, 4) is 11.5 Å². The van der Waals surface area contributed by atoms with Crippen molar-refractivity contribution in [1.82, 2.24) is 0 Å². The Morgan fingerprint density at radius 2 is 1.81 bits per heavy atom. The summed E-state index contributed by atoms with van der Waals surface area (Å²) in [6.45, 7) is -3.35. The minimum absolute atomic E-state index is 0.393. The summed E-state index contributed by atoms with van der Waals surface area (Å²) in [5.74, 6) is -1.40. The first-order chi connectivity index (χ1) is 7.36. The molecule has 0 radical (unpaired) electrons. The zero-order valence-corrected chi connectivity index (χ0v) is 8.02. The van der Waals surface area contributed by atoms with Crippen LogP contribution in [0.3, 0.4) is 0 Å². The van der Waals surface area contributed by atoms with Crippen molar-refractivity contribution in [2.75, 3.05) is 7.11 Å². The maximum absolute atomic E-state index is 12.4. The average molecular weight is 242 g/mol. The van der Waals surface area contributed by atoms with E-state index in [0.29, 0.717) is 6.07 Å². The van der Waals surface area contributed by atoms with Gasteiger partial charge in [0.05, 0.1) is 7.11 Å². The molecule has 1 aromatic rings. The lowest BCUT2D eigenvalue weighted by molar-refractivity contribution is -0.142. The molecule has 0 saturated heterocycles. The summed E-state index contributed by atoms with van der Waals surface area (Å²) < 4.78 is 69.6. The fraction of sp³-hybridized carbons (Fsp3) is 0.333. The van der Waals surface area contributed by atoms with E-state index in [2.05, 4.69) is 9.47 Å². The highest BCUT2D eigenvalue weighted by Gasteiger charge is 2.36. The molecule has 90 valence electrons. The third-order valence-electron chi connectivity index (χ3n) is 1.71. The zero-order chi connectivity index (χ0) is 12.3. The molecule has 0 spiro atoms. The molecule has 0 aliphatic rings. The largest absolute Gasteiger partial charge is 0.493 e. The summed E-state index contributed by atoms with van der Waals surface area (Å²) in [5.41, 5.74) is -1.30. The third kappa shape index (κ3) is 2.74. The maximum Gasteiger partial charge on any atom is 0.420 e. The highest BCUT2D eigenvalue weighted by molar-refractivity contribution is 5.48. The van der Waals surface area contributed by atoms with E-state index >= 15 is 0 Å². The molecule has 0 aromatic heterocycles. The lowest BCUT2D eigenvalue weighted by Crippen LogP contribution is -2.12. The second kappa shape index (κ2) is 4.54. The van der Waals surface area contributed by atoms with Crippen molar-refractivity contribution in [3.63, 3.8) is 0 Å². The van der Waals surface area contributed by atoms with E-state index in [1.165, 1.54) is 0 Å². The zero-order valence-electron chi connectivity index (χ0n) is 8.02. The van der Waals surface area contributed by atoms with Crippen molar-refractivity contribution >= 4 is 0 Å². The van der Waals surface area contributed by atoms with E-state index in [1.807, 2.05) is 0 Å². The van der Waals surface area contributed by atoms with Gasteiger partial charge in [-0.3, -0.25) is 0 Å². The standard InChI is InChI=1S/C9H7F5O2/c1-15-6-4-2-3-5(9(12,13)14)7(6)16-8(10)11/h2-4,8H,1H3. The lowest BCUT2D eigenvalue weighted by atomic mass is 10.2. The summed E-state index contributed by atoms with van der Waals surface area (Å²) >= 11 is 0. The normalized spacial score (nSPS) is 11.7. The van der Waals surface area contributed by atoms with Crippen LogP contribution in [0.1, 0.15) is 5.56 Å². The number of para-hydroxylation sites is 1. The van der Waals surface area contributed by atoms with Crippen LogP contribution >= 0.6 is 0 Å². The Morgan fingerprint density at radius 3 is 2.25 bits per heavy atom. The van der Waals surface area contributed by atoms with Gasteiger partial charge in [0.15, 0.2) is 11.5 Å². The van der Waals surface area contributed by atoms with Crippen LogP contribution in [0.5, 0.6) is 11.5 Å². The molecule has 0 aliphatic carbocycles. The first-order valence-electron chi connectivity index (χ1n) is 4.05. The molecule has 1 rings (SSSR count). The predicted molar refractivity (Wildman–Crippen MR) is 44.6 cm³/mol. The number of benzene rings is 1. The summed E-state index contributed by atoms with van der Waals surface area (Å²) in [6.07, 6.45) is -4.78. The Balaban J connectivity index is 3.26. The van der Waals surface area contributed by atoms with E-state index in [0.717, 1.165) is 19.2 Å². The van der Waals surface area contributed by atoms with E-state index in [4.69, 9.17) is 0 Å². The minimum atomic E-state index is -4.78. The second-order valence-electron chi connectivity index (χ2n) is 2.71. The van der Waals surface area contributed by atoms with Crippen LogP contribution in [0.15, 0.2) is 18.2 Å². The van der Waals surface area contributed by atoms with Crippen LogP contribution in [0.4, 0.5) is 22.0 Å². The smallest absolute Gasteiger partial charge is 0.420 e. The summed E-state index contributed by atoms with van der Waals surface area (Å²) in [4.78, 5) is 0. The van der Waals surface area contributed by atoms with Crippen molar-refractivity contribution in [3.05, 3.63) is 23.8 Å². The predicted octanol–water partition coefficient (Wildman–Crippen LogP) is 3.32. The topological polar surface area (TPSA) is 18.5 Å². The SMILES string of the molecule is COc1cccc(C(F)(F)F)c1OC(F)F. The number of alkyl halides is 5. The van der Waals surface area contributed by atoms with Gasteiger partial charge in [0.25, 0.3) is 0 Å². The third-order valence-corrected chi connectivity index (χ3v) is 1.71. The van der Waals surface area contributed by atoms with Crippen LogP contribution in [0.25, 0.3) is 0 Å². The van der Waals surface area contributed by atoms with E-state index in [-0.39, 0.29) is 0 Å². The van der Waals surface area contributed by atoms with Gasteiger partial charge in [-0.2, -0.15) is 22.0 Å². The Labute approximate surface area is 87.6 Å². The molecule has 0 saturated carbocycles. The molecule has 0 fully saturated rings. The van der Waals surface area contributed by atoms with Crippen molar-refractivity contribution in [2.45, 2.75) is 12.8 Å². The molecule has 0 atom stereocenters. The van der Waals surface area contributed by atoms with Crippen LogP contribution < -0.4 is 9.47 Å². The molecule has 0 aliphatic heterocycles. The Hall–Kier alpha value is -1.53. The van der Waals surface area contributed by atoms with Gasteiger partial charge in [-0.25, -0.2) is 0 Å². The molecule has 0 amide bonds. The van der Waals surface area contributed by atoms with Crippen molar-refractivity contribution < 1.29 is 31.4 Å². The quantitative estimate of drug-likeness (QED) is 0.757. The molecule has 0 unspecified atom stereocenters. The molecule has 0 N–H and O–H groups in total. The maximum atomic E-state index is 12.4. The highest BCUT2D eigenvalue weighted by atomic mass is 19.4. The summed E-state index contributed by atoms with van der Waals surface area (Å²) in [7, 11) is 1.06. The van der Waals surface area contributed by atoms with Crippen molar-refractivity contribution in [1.29, 1.82) is 0 Å². The molecular weight excluding hydrogens is 235 g/mol. The summed E-state index contributed by atoms with van der Waals surface area (Å²) in [5, 5.41) is 0. The molecule has 0 heterocycles. The molecule has 0 bridgehead atoms. The lowest BCUT2D eigenvalue weighted by Gasteiger charge is -2.15. The number of ether oxygens (including phenoxy) is 2. The molecule has 7 heteroatoms. The van der Waals surface area contributed by atoms with Crippen LogP contribution in [0.2, 0.25) is 0 Å². The number of rotatable bonds is 3. The highest BCUT2D eigenvalue weighted by Crippen LogP contribution is 2.41. The fourth-order valence-electron chi connectivity index (χ4n) is 1.11. The Kier molecular flexibility index (Phi) is 3.56. The van der Waals surface area contributed by atoms with Gasteiger partial charge in [0, 0.05) is 0 Å². The Bertz CT molecular complexity index is 361. The van der Waals surface area contributed by atoms with Gasteiger partial charge in [-0.1, -0.05) is 6.07 Å². The van der Waals surface area contributed by atoms with E-state index < -0.39 is 29.9 Å². The number of methoxy groups -OCH3 is 1. The van der Waals surface area contributed by atoms with Gasteiger partial charge in [0.1, 0.15) is 5.56 Å². The molecule has 1 aromatic carbocycles. The minimum Gasteiger partial charge on any atom is -0.493 e. The van der Waals surface area contributed by atoms with Gasteiger partial charge in [0.2, 0.25) is 0 Å². The number of hydrogen-bond donors (Lipinski definition) is 0. The first-order valence-corrected chi connectivity index (χ1v) is 4.05. The van der Waals surface area contributed by atoms with E-state index in [9.17, 15) is 22.0 Å². The average Bonchev–Trinajstić information content (AvgIpc) is 2.15. The summed E-state index contributed by atoms with van der Waals surface area (Å²) in [6, 6.07) is 2.78. The fourth-order valence-corrected chi connectivity index (χ4v) is 1.11.